The lowest BCUT2D eigenvalue weighted by Crippen LogP contribution is -2.59. The maximum atomic E-state index is 12.3. The SMILES string of the molecule is CC(c1ccc2c(c1)OCO2)N1CC(NC(=O)c2cn(C3CC3)nn2)C1. The molecule has 136 valence electrons. The molecule has 1 atom stereocenters. The lowest BCUT2D eigenvalue weighted by molar-refractivity contribution is 0.0672. The van der Waals surface area contributed by atoms with Crippen molar-refractivity contribution in [2.24, 2.45) is 0 Å². The van der Waals surface area contributed by atoms with Gasteiger partial charge in [-0.2, -0.15) is 0 Å². The summed E-state index contributed by atoms with van der Waals surface area (Å²) in [5, 5.41) is 11.1. The third-order valence-corrected chi connectivity index (χ3v) is 5.34. The number of amides is 1. The van der Waals surface area contributed by atoms with Crippen molar-refractivity contribution in [3.8, 4) is 11.5 Å². The van der Waals surface area contributed by atoms with E-state index in [1.165, 1.54) is 5.56 Å². The fourth-order valence-electron chi connectivity index (χ4n) is 3.46. The van der Waals surface area contributed by atoms with Crippen LogP contribution in [0.15, 0.2) is 24.4 Å². The van der Waals surface area contributed by atoms with Crippen molar-refractivity contribution in [3.05, 3.63) is 35.7 Å². The van der Waals surface area contributed by atoms with Gasteiger partial charge in [-0.3, -0.25) is 9.69 Å². The number of likely N-dealkylation sites (tertiary alicyclic amines) is 1. The second-order valence-electron chi connectivity index (χ2n) is 7.23. The Bertz CT molecular complexity index is 841. The van der Waals surface area contributed by atoms with Crippen LogP contribution in [0, 0.1) is 0 Å². The fourth-order valence-corrected chi connectivity index (χ4v) is 3.46. The largest absolute Gasteiger partial charge is 0.454 e. The molecule has 2 fully saturated rings. The minimum Gasteiger partial charge on any atom is -0.454 e. The van der Waals surface area contributed by atoms with Gasteiger partial charge >= 0.3 is 0 Å². The van der Waals surface area contributed by atoms with Gasteiger partial charge in [0.15, 0.2) is 17.2 Å². The van der Waals surface area contributed by atoms with E-state index in [0.717, 1.165) is 37.4 Å². The molecule has 1 amide bonds. The number of nitrogens with one attached hydrogen (secondary N) is 1. The minimum atomic E-state index is -0.141. The second kappa shape index (κ2) is 5.98. The summed E-state index contributed by atoms with van der Waals surface area (Å²) in [4.78, 5) is 14.6. The maximum Gasteiger partial charge on any atom is 0.273 e. The van der Waals surface area contributed by atoms with E-state index in [1.54, 1.807) is 10.9 Å². The van der Waals surface area contributed by atoms with Gasteiger partial charge in [-0.25, -0.2) is 4.68 Å². The highest BCUT2D eigenvalue weighted by molar-refractivity contribution is 5.92. The number of aromatic nitrogens is 3. The summed E-state index contributed by atoms with van der Waals surface area (Å²) < 4.78 is 12.6. The molecule has 8 nitrogen and oxygen atoms in total. The van der Waals surface area contributed by atoms with Crippen molar-refractivity contribution in [2.45, 2.75) is 37.9 Å². The first-order valence-corrected chi connectivity index (χ1v) is 9.03. The van der Waals surface area contributed by atoms with Gasteiger partial charge in [0.1, 0.15) is 0 Å². The number of hydrogen-bond donors (Lipinski definition) is 1. The monoisotopic (exact) mass is 355 g/mol. The molecule has 3 heterocycles. The van der Waals surface area contributed by atoms with Crippen LogP contribution >= 0.6 is 0 Å². The lowest BCUT2D eigenvalue weighted by Gasteiger charge is -2.43. The molecule has 1 unspecified atom stereocenters. The van der Waals surface area contributed by atoms with Gasteiger partial charge in [-0.15, -0.1) is 5.10 Å². The highest BCUT2D eigenvalue weighted by Crippen LogP contribution is 2.36. The standard InChI is InChI=1S/C18H21N5O3/c1-11(12-2-5-16-17(6-12)26-10-25-16)22-7-13(8-22)19-18(24)15-9-23(21-20-15)14-3-4-14/h2,5-6,9,11,13-14H,3-4,7-8,10H2,1H3,(H,19,24). The molecule has 26 heavy (non-hydrogen) atoms. The van der Waals surface area contributed by atoms with Crippen LogP contribution in [0.5, 0.6) is 11.5 Å². The number of fused-ring (bicyclic) bond motifs is 1. The predicted octanol–water partition coefficient (Wildman–Crippen LogP) is 1.52. The van der Waals surface area contributed by atoms with Gasteiger partial charge in [0.25, 0.3) is 5.91 Å². The molecule has 1 saturated heterocycles. The summed E-state index contributed by atoms with van der Waals surface area (Å²) in [6, 6.07) is 6.90. The number of rotatable bonds is 5. The van der Waals surface area contributed by atoms with Crippen molar-refractivity contribution >= 4 is 5.91 Å². The summed E-state index contributed by atoms with van der Waals surface area (Å²) in [7, 11) is 0. The van der Waals surface area contributed by atoms with Crippen LogP contribution in [-0.4, -0.2) is 51.7 Å². The van der Waals surface area contributed by atoms with E-state index in [4.69, 9.17) is 9.47 Å². The quantitative estimate of drug-likeness (QED) is 0.876. The van der Waals surface area contributed by atoms with Crippen LogP contribution in [0.25, 0.3) is 0 Å². The van der Waals surface area contributed by atoms with E-state index in [2.05, 4.69) is 33.5 Å². The van der Waals surface area contributed by atoms with E-state index < -0.39 is 0 Å². The molecule has 1 N–H and O–H groups in total. The number of hydrogen-bond acceptors (Lipinski definition) is 6. The smallest absolute Gasteiger partial charge is 0.273 e. The Kier molecular flexibility index (Phi) is 3.59. The Balaban J connectivity index is 1.16. The molecule has 8 heteroatoms. The van der Waals surface area contributed by atoms with Gasteiger partial charge in [0, 0.05) is 19.1 Å². The summed E-state index contributed by atoms with van der Waals surface area (Å²) in [5.74, 6) is 1.46. The molecule has 0 spiro atoms. The van der Waals surface area contributed by atoms with Crippen molar-refractivity contribution in [1.29, 1.82) is 0 Å². The first-order valence-electron chi connectivity index (χ1n) is 9.03. The summed E-state index contributed by atoms with van der Waals surface area (Å²) in [5.41, 5.74) is 1.59. The zero-order valence-corrected chi connectivity index (χ0v) is 14.6. The molecule has 0 radical (unpaired) electrons. The van der Waals surface area contributed by atoms with Crippen molar-refractivity contribution in [3.63, 3.8) is 0 Å². The molecule has 1 aliphatic carbocycles. The van der Waals surface area contributed by atoms with Crippen LogP contribution in [0.3, 0.4) is 0 Å². The second-order valence-corrected chi connectivity index (χ2v) is 7.23. The van der Waals surface area contributed by atoms with Crippen LogP contribution < -0.4 is 14.8 Å². The van der Waals surface area contributed by atoms with Crippen LogP contribution in [0.4, 0.5) is 0 Å². The van der Waals surface area contributed by atoms with Crippen LogP contribution in [-0.2, 0) is 0 Å². The van der Waals surface area contributed by atoms with Gasteiger partial charge in [0.05, 0.1) is 18.3 Å². The van der Waals surface area contributed by atoms with E-state index in [-0.39, 0.29) is 24.8 Å². The average molecular weight is 355 g/mol. The molecule has 1 saturated carbocycles. The number of nitrogens with zero attached hydrogens (tertiary/aromatic N) is 4. The first kappa shape index (κ1) is 15.6. The molecule has 2 aliphatic heterocycles. The Morgan fingerprint density at radius 1 is 1.27 bits per heavy atom. The zero-order chi connectivity index (χ0) is 17.7. The van der Waals surface area contributed by atoms with Gasteiger partial charge < -0.3 is 14.8 Å². The molecular weight excluding hydrogens is 334 g/mol. The van der Waals surface area contributed by atoms with E-state index in [1.807, 2.05) is 12.1 Å². The first-order chi connectivity index (χ1) is 12.7. The van der Waals surface area contributed by atoms with Crippen molar-refractivity contribution in [2.75, 3.05) is 19.9 Å². The molecule has 0 bridgehead atoms. The third-order valence-electron chi connectivity index (χ3n) is 5.34. The molecule has 1 aromatic carbocycles. The van der Waals surface area contributed by atoms with Gasteiger partial charge in [-0.05, 0) is 37.5 Å². The average Bonchev–Trinajstić information content (AvgIpc) is 3.16. The highest BCUT2D eigenvalue weighted by Gasteiger charge is 2.33. The lowest BCUT2D eigenvalue weighted by atomic mass is 10.00. The normalized spacial score (nSPS) is 20.7. The summed E-state index contributed by atoms with van der Waals surface area (Å²) >= 11 is 0. The van der Waals surface area contributed by atoms with Crippen molar-refractivity contribution in [1.82, 2.24) is 25.2 Å². The van der Waals surface area contributed by atoms with Gasteiger partial charge in [0.2, 0.25) is 6.79 Å². The van der Waals surface area contributed by atoms with Crippen LogP contribution in [0.1, 0.15) is 47.9 Å². The third kappa shape index (κ3) is 2.80. The summed E-state index contributed by atoms with van der Waals surface area (Å²) in [6.07, 6.45) is 4.00. The number of ether oxygens (including phenoxy) is 2. The zero-order valence-electron chi connectivity index (χ0n) is 14.6. The Labute approximate surface area is 151 Å². The maximum absolute atomic E-state index is 12.3. The minimum absolute atomic E-state index is 0.141. The Hall–Kier alpha value is -2.61. The van der Waals surface area contributed by atoms with E-state index in [0.29, 0.717) is 11.7 Å². The van der Waals surface area contributed by atoms with Gasteiger partial charge in [-0.1, -0.05) is 11.3 Å². The predicted molar refractivity (Wildman–Crippen MR) is 92.1 cm³/mol. The number of benzene rings is 1. The summed E-state index contributed by atoms with van der Waals surface area (Å²) in [6.45, 7) is 4.09. The molecule has 1 aromatic heterocycles. The molecule has 5 rings (SSSR count). The number of carbonyl (C=O) groups is 1. The molecule has 3 aliphatic rings. The Morgan fingerprint density at radius 3 is 2.88 bits per heavy atom. The van der Waals surface area contributed by atoms with E-state index in [9.17, 15) is 4.79 Å². The van der Waals surface area contributed by atoms with Crippen LogP contribution in [0.2, 0.25) is 0 Å². The highest BCUT2D eigenvalue weighted by atomic mass is 16.7. The fraction of sp³-hybridized carbons (Fsp3) is 0.500. The van der Waals surface area contributed by atoms with E-state index >= 15 is 0 Å². The van der Waals surface area contributed by atoms with Crippen molar-refractivity contribution < 1.29 is 14.3 Å². The Morgan fingerprint density at radius 2 is 2.08 bits per heavy atom. The topological polar surface area (TPSA) is 81.5 Å². The number of carbonyl (C=O) groups excluding carboxylic acids is 1. The molecular formula is C18H21N5O3. The molecule has 2 aromatic rings.